The average molecular weight is 688 g/mol. The minimum atomic E-state index is -1.13. The maximum Gasteiger partial charge on any atom is 0.329 e. The highest BCUT2D eigenvalue weighted by Gasteiger charge is 2.30. The van der Waals surface area contributed by atoms with Crippen molar-refractivity contribution in [3.63, 3.8) is 0 Å². The van der Waals surface area contributed by atoms with Crippen molar-refractivity contribution in [2.75, 3.05) is 11.4 Å². The number of terminal acetylenes is 1. The summed E-state index contributed by atoms with van der Waals surface area (Å²) >= 11 is 0. The van der Waals surface area contributed by atoms with Crippen molar-refractivity contribution in [3.8, 4) is 12.3 Å². The number of nitrogens with one attached hydrogen (secondary N) is 3. The zero-order chi connectivity index (χ0) is 37.2. The van der Waals surface area contributed by atoms with Gasteiger partial charge in [-0.2, -0.15) is 0 Å². The molecule has 0 unspecified atom stereocenters. The number of aromatic nitrogens is 2. The van der Waals surface area contributed by atoms with Crippen molar-refractivity contribution in [1.82, 2.24) is 20.6 Å². The van der Waals surface area contributed by atoms with Crippen molar-refractivity contribution < 1.29 is 28.7 Å². The van der Waals surface area contributed by atoms with Gasteiger partial charge in [0.1, 0.15) is 29.1 Å². The molecule has 1 aromatic heterocycles. The Hall–Kier alpha value is -5.18. The monoisotopic (exact) mass is 687 g/mol. The van der Waals surface area contributed by atoms with Gasteiger partial charge in [-0.05, 0) is 103 Å². The molecule has 0 aliphatic heterocycles. The Kier molecular flexibility index (Phi) is 13.3. The summed E-state index contributed by atoms with van der Waals surface area (Å²) in [6.45, 7) is 14.7. The maximum absolute atomic E-state index is 13.4. The van der Waals surface area contributed by atoms with E-state index in [1.165, 1.54) is 0 Å². The van der Waals surface area contributed by atoms with E-state index in [0.29, 0.717) is 36.1 Å². The first-order chi connectivity index (χ1) is 23.4. The van der Waals surface area contributed by atoms with Gasteiger partial charge in [0.25, 0.3) is 11.5 Å². The minimum Gasteiger partial charge on any atom is -0.458 e. The summed E-state index contributed by atoms with van der Waals surface area (Å²) in [6.07, 6.45) is 6.49. The molecular weight excluding hydrogens is 638 g/mol. The topological polar surface area (TPSA) is 160 Å². The summed E-state index contributed by atoms with van der Waals surface area (Å²) in [4.78, 5) is 73.6. The quantitative estimate of drug-likeness (QED) is 0.161. The molecule has 3 rings (SSSR count). The van der Waals surface area contributed by atoms with E-state index in [-0.39, 0.29) is 30.5 Å². The Morgan fingerprint density at radius 2 is 1.52 bits per heavy atom. The predicted octanol–water partition coefficient (Wildman–Crippen LogP) is 4.72. The number of aryl methyl sites for hydroxylation is 1. The fourth-order valence-electron chi connectivity index (χ4n) is 5.11. The second-order valence-electron chi connectivity index (χ2n) is 14.2. The molecule has 0 aliphatic carbocycles. The van der Waals surface area contributed by atoms with Crippen LogP contribution in [0.15, 0.2) is 47.3 Å². The van der Waals surface area contributed by atoms with E-state index >= 15 is 0 Å². The number of carbonyl (C=O) groups is 4. The van der Waals surface area contributed by atoms with Crippen LogP contribution in [0.1, 0.15) is 95.9 Å². The van der Waals surface area contributed by atoms with E-state index in [2.05, 4.69) is 26.5 Å². The number of anilines is 1. The lowest BCUT2D eigenvalue weighted by atomic mass is 10.1. The second kappa shape index (κ2) is 17.0. The standard InChI is InChI=1S/C38H49N5O7/c1-10-12-30(35(47)49-37(4,5)6)41-32(44)20-19-31(36(48)50-38(7,8)9)42-33(45)26-14-16-27(17-15-26)43(21-11-2)23-25-13-18-29-28(22-25)34(46)40-24(3)39-29/h2,13-18,22,30-31H,10,12,19-21,23H2,1,3-9H3,(H,41,44)(H,42,45)(H,39,40,46)/t30-,31-/m0/s1. The van der Waals surface area contributed by atoms with Crippen LogP contribution in [0.4, 0.5) is 5.69 Å². The van der Waals surface area contributed by atoms with Crippen LogP contribution in [0.2, 0.25) is 0 Å². The SMILES string of the molecule is C#CCN(Cc1ccc2nc(C)[nH]c(=O)c2c1)c1ccc(C(=O)N[C@@H](CCC(=O)N[C@@H](CCC)C(=O)OC(C)(C)C)C(=O)OC(C)(C)C)cc1. The summed E-state index contributed by atoms with van der Waals surface area (Å²) in [5, 5.41) is 5.90. The molecule has 2 aromatic carbocycles. The first-order valence-electron chi connectivity index (χ1n) is 16.7. The van der Waals surface area contributed by atoms with Crippen LogP contribution in [0.25, 0.3) is 10.9 Å². The van der Waals surface area contributed by atoms with E-state index in [4.69, 9.17) is 15.9 Å². The van der Waals surface area contributed by atoms with Crippen LogP contribution in [0.5, 0.6) is 0 Å². The molecule has 3 aromatic rings. The number of nitrogens with zero attached hydrogens (tertiary/aromatic N) is 2. The molecule has 268 valence electrons. The van der Waals surface area contributed by atoms with Gasteiger partial charge in [-0.1, -0.05) is 25.3 Å². The van der Waals surface area contributed by atoms with E-state index in [9.17, 15) is 24.0 Å². The number of benzene rings is 2. The predicted molar refractivity (Wildman–Crippen MR) is 192 cm³/mol. The van der Waals surface area contributed by atoms with Crippen LogP contribution in [-0.2, 0) is 30.4 Å². The third-order valence-corrected chi connectivity index (χ3v) is 7.30. The highest BCUT2D eigenvalue weighted by Crippen LogP contribution is 2.20. The molecule has 2 atom stereocenters. The Morgan fingerprint density at radius 1 is 0.920 bits per heavy atom. The maximum atomic E-state index is 13.4. The molecule has 0 saturated heterocycles. The molecule has 0 bridgehead atoms. The number of esters is 2. The number of aromatic amines is 1. The molecule has 0 fully saturated rings. The Labute approximate surface area is 293 Å². The van der Waals surface area contributed by atoms with Gasteiger partial charge < -0.3 is 30.0 Å². The molecule has 1 heterocycles. The number of fused-ring (bicyclic) bond motifs is 1. The van der Waals surface area contributed by atoms with Gasteiger partial charge in [-0.25, -0.2) is 14.6 Å². The number of ether oxygens (including phenoxy) is 2. The Morgan fingerprint density at radius 3 is 2.08 bits per heavy atom. The van der Waals surface area contributed by atoms with Crippen molar-refractivity contribution in [2.24, 2.45) is 0 Å². The number of hydrogen-bond donors (Lipinski definition) is 3. The normalized spacial score (nSPS) is 12.7. The highest BCUT2D eigenvalue weighted by molar-refractivity contribution is 5.97. The molecule has 0 aliphatic rings. The first-order valence-corrected chi connectivity index (χ1v) is 16.7. The second-order valence-corrected chi connectivity index (χ2v) is 14.2. The Bertz CT molecular complexity index is 1780. The van der Waals surface area contributed by atoms with Crippen molar-refractivity contribution in [1.29, 1.82) is 0 Å². The van der Waals surface area contributed by atoms with Gasteiger partial charge in [-0.3, -0.25) is 14.4 Å². The molecule has 2 amide bonds. The van der Waals surface area contributed by atoms with Crippen LogP contribution in [0, 0.1) is 19.3 Å². The van der Waals surface area contributed by atoms with Gasteiger partial charge in [0.15, 0.2) is 0 Å². The van der Waals surface area contributed by atoms with E-state index in [1.807, 2.05) is 17.9 Å². The van der Waals surface area contributed by atoms with Crippen LogP contribution >= 0.6 is 0 Å². The average Bonchev–Trinajstić information content (AvgIpc) is 3.01. The van der Waals surface area contributed by atoms with Gasteiger partial charge in [-0.15, -0.1) is 6.42 Å². The van der Waals surface area contributed by atoms with E-state index < -0.39 is 47.0 Å². The molecule has 3 N–H and O–H groups in total. The number of amides is 2. The largest absolute Gasteiger partial charge is 0.458 e. The molecular formula is C38H49N5O7. The van der Waals surface area contributed by atoms with Crippen LogP contribution < -0.4 is 21.1 Å². The molecule has 0 radical (unpaired) electrons. The zero-order valence-electron chi connectivity index (χ0n) is 30.3. The minimum absolute atomic E-state index is 0.0582. The van der Waals surface area contributed by atoms with Crippen molar-refractivity contribution in [2.45, 2.75) is 111 Å². The number of carbonyl (C=O) groups excluding carboxylic acids is 4. The molecule has 0 saturated carbocycles. The van der Waals surface area contributed by atoms with E-state index in [1.54, 1.807) is 84.9 Å². The van der Waals surface area contributed by atoms with Gasteiger partial charge >= 0.3 is 11.9 Å². The van der Waals surface area contributed by atoms with Gasteiger partial charge in [0.05, 0.1) is 17.4 Å². The summed E-state index contributed by atoms with van der Waals surface area (Å²) < 4.78 is 11.0. The van der Waals surface area contributed by atoms with Gasteiger partial charge in [0, 0.05) is 24.2 Å². The zero-order valence-corrected chi connectivity index (χ0v) is 30.3. The lowest BCUT2D eigenvalue weighted by molar-refractivity contribution is -0.159. The fourth-order valence-corrected chi connectivity index (χ4v) is 5.11. The highest BCUT2D eigenvalue weighted by atomic mass is 16.6. The Balaban J connectivity index is 1.73. The molecule has 12 heteroatoms. The smallest absolute Gasteiger partial charge is 0.329 e. The molecule has 12 nitrogen and oxygen atoms in total. The number of hydrogen-bond acceptors (Lipinski definition) is 9. The third-order valence-electron chi connectivity index (χ3n) is 7.30. The third kappa shape index (κ3) is 12.1. The lowest BCUT2D eigenvalue weighted by Gasteiger charge is -2.26. The van der Waals surface area contributed by atoms with Crippen LogP contribution in [-0.4, -0.2) is 63.6 Å². The number of rotatable bonds is 14. The fraction of sp³-hybridized carbons (Fsp3) is 0.474. The summed E-state index contributed by atoms with van der Waals surface area (Å²) in [5.74, 6) is 0.967. The van der Waals surface area contributed by atoms with E-state index in [0.717, 1.165) is 11.3 Å². The summed E-state index contributed by atoms with van der Waals surface area (Å²) in [7, 11) is 0. The first kappa shape index (κ1) is 39.3. The van der Waals surface area contributed by atoms with Crippen molar-refractivity contribution in [3.05, 3.63) is 69.8 Å². The molecule has 50 heavy (non-hydrogen) atoms. The van der Waals surface area contributed by atoms with Crippen LogP contribution in [0.3, 0.4) is 0 Å². The lowest BCUT2D eigenvalue weighted by Crippen LogP contribution is -2.46. The van der Waals surface area contributed by atoms with Gasteiger partial charge in [0.2, 0.25) is 5.91 Å². The number of H-pyrrole nitrogens is 1. The summed E-state index contributed by atoms with van der Waals surface area (Å²) in [6, 6.07) is 10.2. The summed E-state index contributed by atoms with van der Waals surface area (Å²) in [5.41, 5.74) is 0.694. The molecule has 0 spiro atoms. The van der Waals surface area contributed by atoms with Crippen molar-refractivity contribution >= 4 is 40.3 Å².